The largest absolute Gasteiger partial charge is 0.380 e. The number of nitrogens with zero attached hydrogens (tertiary/aromatic N) is 1. The topological polar surface area (TPSA) is 45.7 Å². The van der Waals surface area contributed by atoms with E-state index in [2.05, 4.69) is 78.0 Å². The van der Waals surface area contributed by atoms with E-state index in [4.69, 9.17) is 4.74 Å². The number of rotatable bonds is 7. The molecule has 0 aromatic heterocycles. The lowest BCUT2D eigenvalue weighted by Gasteiger charge is -2.11. The Balaban J connectivity index is 0.00000312. The number of hydrogen-bond acceptors (Lipinski definition) is 2. The Morgan fingerprint density at radius 1 is 0.920 bits per heavy atom. The van der Waals surface area contributed by atoms with Crippen LogP contribution < -0.4 is 10.6 Å². The van der Waals surface area contributed by atoms with Gasteiger partial charge in [0.25, 0.3) is 0 Å². The van der Waals surface area contributed by atoms with E-state index in [0.29, 0.717) is 13.2 Å². The third-order valence-corrected chi connectivity index (χ3v) is 3.68. The molecule has 0 saturated carbocycles. The molecule has 136 valence electrons. The predicted molar refractivity (Wildman–Crippen MR) is 115 cm³/mol. The maximum Gasteiger partial charge on any atom is 0.191 e. The molecule has 0 saturated heterocycles. The minimum atomic E-state index is 0. The summed E-state index contributed by atoms with van der Waals surface area (Å²) < 4.78 is 5.13. The number of hydrogen-bond donors (Lipinski definition) is 2. The molecule has 0 aliphatic rings. The van der Waals surface area contributed by atoms with Crippen molar-refractivity contribution in [3.8, 4) is 0 Å². The molecule has 2 aromatic carbocycles. The van der Waals surface area contributed by atoms with Crippen molar-refractivity contribution in [2.75, 3.05) is 13.7 Å². The van der Waals surface area contributed by atoms with E-state index in [1.807, 2.05) is 0 Å². The van der Waals surface area contributed by atoms with Crippen LogP contribution in [0.25, 0.3) is 0 Å². The summed E-state index contributed by atoms with van der Waals surface area (Å²) in [6.45, 7) is 7.06. The van der Waals surface area contributed by atoms with E-state index in [9.17, 15) is 0 Å². The van der Waals surface area contributed by atoms with Crippen LogP contribution in [0.1, 0.15) is 29.2 Å². The number of aliphatic imine (C=N–C) groups is 1. The Bertz CT molecular complexity index is 639. The molecule has 0 aliphatic carbocycles. The van der Waals surface area contributed by atoms with Crippen LogP contribution >= 0.6 is 24.0 Å². The molecular formula is C20H28IN3O. The SMILES string of the molecule is CCNC(=NCc1ccc(COC)cc1)NCc1ccc(C)cc1.I. The standard InChI is InChI=1S/C20H27N3O.HI/c1-4-21-20(22-13-17-7-5-16(2)6-8-17)23-14-18-9-11-19(12-10-18)15-24-3;/h5-12H,4,13-15H2,1-3H3,(H2,21,22,23);1H. The van der Waals surface area contributed by atoms with Crippen LogP contribution in [-0.2, 0) is 24.4 Å². The number of benzene rings is 2. The van der Waals surface area contributed by atoms with Gasteiger partial charge in [0, 0.05) is 20.2 Å². The van der Waals surface area contributed by atoms with Gasteiger partial charge < -0.3 is 15.4 Å². The molecule has 0 atom stereocenters. The summed E-state index contributed by atoms with van der Waals surface area (Å²) in [4.78, 5) is 4.66. The first-order valence-corrected chi connectivity index (χ1v) is 8.35. The van der Waals surface area contributed by atoms with Crippen LogP contribution in [0.3, 0.4) is 0 Å². The molecule has 5 heteroatoms. The van der Waals surface area contributed by atoms with Gasteiger partial charge in [-0.25, -0.2) is 4.99 Å². The highest BCUT2D eigenvalue weighted by Gasteiger charge is 1.99. The second kappa shape index (κ2) is 11.9. The first-order chi connectivity index (χ1) is 11.7. The van der Waals surface area contributed by atoms with E-state index >= 15 is 0 Å². The van der Waals surface area contributed by atoms with E-state index in [1.54, 1.807) is 7.11 Å². The van der Waals surface area contributed by atoms with Crippen LogP contribution in [0, 0.1) is 6.92 Å². The zero-order valence-corrected chi connectivity index (χ0v) is 17.5. The third kappa shape index (κ3) is 7.88. The van der Waals surface area contributed by atoms with E-state index in [-0.39, 0.29) is 24.0 Å². The molecule has 0 amide bonds. The lowest BCUT2D eigenvalue weighted by molar-refractivity contribution is 0.185. The Morgan fingerprint density at radius 3 is 2.12 bits per heavy atom. The van der Waals surface area contributed by atoms with Gasteiger partial charge in [0.1, 0.15) is 0 Å². The number of nitrogens with one attached hydrogen (secondary N) is 2. The average molecular weight is 453 g/mol. The summed E-state index contributed by atoms with van der Waals surface area (Å²) in [6, 6.07) is 16.9. The zero-order valence-electron chi connectivity index (χ0n) is 15.2. The smallest absolute Gasteiger partial charge is 0.191 e. The van der Waals surface area contributed by atoms with Crippen LogP contribution in [0.2, 0.25) is 0 Å². The fraction of sp³-hybridized carbons (Fsp3) is 0.350. The highest BCUT2D eigenvalue weighted by Crippen LogP contribution is 2.07. The lowest BCUT2D eigenvalue weighted by Crippen LogP contribution is -2.36. The van der Waals surface area contributed by atoms with Gasteiger partial charge in [0.2, 0.25) is 0 Å². The summed E-state index contributed by atoms with van der Waals surface area (Å²) >= 11 is 0. The van der Waals surface area contributed by atoms with E-state index in [1.165, 1.54) is 22.3 Å². The van der Waals surface area contributed by atoms with Crippen molar-refractivity contribution >= 4 is 29.9 Å². The lowest BCUT2D eigenvalue weighted by atomic mass is 10.1. The van der Waals surface area contributed by atoms with Crippen LogP contribution in [0.15, 0.2) is 53.5 Å². The van der Waals surface area contributed by atoms with Crippen molar-refractivity contribution in [2.45, 2.75) is 33.5 Å². The van der Waals surface area contributed by atoms with E-state index < -0.39 is 0 Å². The molecule has 2 N–H and O–H groups in total. The molecule has 0 unspecified atom stereocenters. The monoisotopic (exact) mass is 453 g/mol. The van der Waals surface area contributed by atoms with Gasteiger partial charge in [-0.15, -0.1) is 24.0 Å². The molecule has 0 aliphatic heterocycles. The minimum absolute atomic E-state index is 0. The molecule has 0 bridgehead atoms. The Morgan fingerprint density at radius 2 is 1.52 bits per heavy atom. The maximum absolute atomic E-state index is 5.13. The molecule has 2 rings (SSSR count). The molecule has 0 fully saturated rings. The maximum atomic E-state index is 5.13. The number of methoxy groups -OCH3 is 1. The van der Waals surface area contributed by atoms with Gasteiger partial charge in [-0.3, -0.25) is 0 Å². The zero-order chi connectivity index (χ0) is 17.2. The van der Waals surface area contributed by atoms with Gasteiger partial charge in [-0.05, 0) is 30.5 Å². The van der Waals surface area contributed by atoms with Crippen molar-refractivity contribution in [3.63, 3.8) is 0 Å². The van der Waals surface area contributed by atoms with Gasteiger partial charge in [-0.2, -0.15) is 0 Å². The van der Waals surface area contributed by atoms with Crippen molar-refractivity contribution < 1.29 is 4.74 Å². The number of ether oxygens (including phenoxy) is 1. The highest BCUT2D eigenvalue weighted by atomic mass is 127. The summed E-state index contributed by atoms with van der Waals surface area (Å²) in [7, 11) is 1.71. The Labute approximate surface area is 168 Å². The first-order valence-electron chi connectivity index (χ1n) is 8.35. The third-order valence-electron chi connectivity index (χ3n) is 3.68. The molecule has 4 nitrogen and oxygen atoms in total. The predicted octanol–water partition coefficient (Wildman–Crippen LogP) is 4.01. The Kier molecular flexibility index (Phi) is 10.2. The summed E-state index contributed by atoms with van der Waals surface area (Å²) in [5, 5.41) is 6.66. The molecule has 0 spiro atoms. The van der Waals surface area contributed by atoms with Crippen molar-refractivity contribution in [1.29, 1.82) is 0 Å². The number of halogens is 1. The van der Waals surface area contributed by atoms with Crippen molar-refractivity contribution in [3.05, 3.63) is 70.8 Å². The van der Waals surface area contributed by atoms with Gasteiger partial charge in [-0.1, -0.05) is 54.1 Å². The summed E-state index contributed by atoms with van der Waals surface area (Å²) in [6.07, 6.45) is 0. The van der Waals surface area contributed by atoms with Crippen LogP contribution in [-0.4, -0.2) is 19.6 Å². The summed E-state index contributed by atoms with van der Waals surface area (Å²) in [5.41, 5.74) is 4.88. The van der Waals surface area contributed by atoms with Crippen molar-refractivity contribution in [2.24, 2.45) is 4.99 Å². The van der Waals surface area contributed by atoms with Crippen LogP contribution in [0.5, 0.6) is 0 Å². The molecule has 0 radical (unpaired) electrons. The van der Waals surface area contributed by atoms with Gasteiger partial charge >= 0.3 is 0 Å². The minimum Gasteiger partial charge on any atom is -0.380 e. The fourth-order valence-electron chi connectivity index (χ4n) is 2.31. The highest BCUT2D eigenvalue weighted by molar-refractivity contribution is 14.0. The fourth-order valence-corrected chi connectivity index (χ4v) is 2.31. The molecule has 25 heavy (non-hydrogen) atoms. The van der Waals surface area contributed by atoms with Gasteiger partial charge in [0.15, 0.2) is 5.96 Å². The molecular weight excluding hydrogens is 425 g/mol. The number of guanidine groups is 1. The number of aryl methyl sites for hydroxylation is 1. The Hall–Kier alpha value is -1.60. The van der Waals surface area contributed by atoms with Crippen molar-refractivity contribution in [1.82, 2.24) is 10.6 Å². The average Bonchev–Trinajstić information content (AvgIpc) is 2.60. The quantitative estimate of drug-likeness (QED) is 0.378. The normalized spacial score (nSPS) is 10.9. The van der Waals surface area contributed by atoms with Crippen LogP contribution in [0.4, 0.5) is 0 Å². The first kappa shape index (κ1) is 21.4. The second-order valence-corrected chi connectivity index (χ2v) is 5.78. The van der Waals surface area contributed by atoms with E-state index in [0.717, 1.165) is 19.0 Å². The molecule has 0 heterocycles. The summed E-state index contributed by atoms with van der Waals surface area (Å²) in [5.74, 6) is 0.832. The second-order valence-electron chi connectivity index (χ2n) is 5.78. The molecule has 2 aromatic rings. The van der Waals surface area contributed by atoms with Gasteiger partial charge in [0.05, 0.1) is 13.2 Å².